The minimum atomic E-state index is -3.58. The lowest BCUT2D eigenvalue weighted by atomic mass is 9.96. The maximum absolute atomic E-state index is 12.9. The van der Waals surface area contributed by atoms with Gasteiger partial charge in [0.2, 0.25) is 15.9 Å². The Kier molecular flexibility index (Phi) is 7.43. The molecular weight excluding hydrogens is 434 g/mol. The van der Waals surface area contributed by atoms with Crippen LogP contribution in [0.25, 0.3) is 0 Å². The van der Waals surface area contributed by atoms with Crippen LogP contribution in [0.4, 0.5) is 5.69 Å². The van der Waals surface area contributed by atoms with Crippen LogP contribution in [0.2, 0.25) is 0 Å². The molecule has 3 rings (SSSR count). The van der Waals surface area contributed by atoms with E-state index < -0.39 is 15.3 Å². The first kappa shape index (κ1) is 23.7. The van der Waals surface area contributed by atoms with Crippen molar-refractivity contribution in [3.05, 3.63) is 29.7 Å². The van der Waals surface area contributed by atoms with Gasteiger partial charge in [-0.25, -0.2) is 13.4 Å². The Balaban J connectivity index is 1.64. The van der Waals surface area contributed by atoms with Gasteiger partial charge in [-0.05, 0) is 45.7 Å². The first-order chi connectivity index (χ1) is 14.6. The minimum absolute atomic E-state index is 0.0518. The highest BCUT2D eigenvalue weighted by Gasteiger charge is 2.29. The first-order valence-electron chi connectivity index (χ1n) is 10.5. The van der Waals surface area contributed by atoms with Crippen molar-refractivity contribution in [2.24, 2.45) is 7.05 Å². The number of carbonyl (C=O) groups is 1. The molecule has 0 unspecified atom stereocenters. The molecule has 0 saturated heterocycles. The Hall–Kier alpha value is -1.91. The molecule has 1 atom stereocenters. The van der Waals surface area contributed by atoms with E-state index in [1.165, 1.54) is 28.7 Å². The van der Waals surface area contributed by atoms with Crippen LogP contribution in [0, 0.1) is 13.8 Å². The van der Waals surface area contributed by atoms with Gasteiger partial charge in [-0.15, -0.1) is 0 Å². The molecule has 2 aromatic heterocycles. The monoisotopic (exact) mass is 465 g/mol. The number of nitrogens with one attached hydrogen (secondary N) is 1. The van der Waals surface area contributed by atoms with Gasteiger partial charge in [0.1, 0.15) is 4.90 Å². The average Bonchev–Trinajstić information content (AvgIpc) is 3.00. The fourth-order valence-corrected chi connectivity index (χ4v) is 5.96. The Morgan fingerprint density at radius 3 is 2.48 bits per heavy atom. The smallest absolute Gasteiger partial charge is 0.244 e. The van der Waals surface area contributed by atoms with Crippen LogP contribution in [0.15, 0.2) is 28.3 Å². The molecule has 1 amide bonds. The van der Waals surface area contributed by atoms with Gasteiger partial charge in [-0.1, -0.05) is 31.0 Å². The van der Waals surface area contributed by atoms with E-state index in [1.807, 2.05) is 20.9 Å². The topological polar surface area (TPSA) is 97.2 Å². The highest BCUT2D eigenvalue weighted by atomic mass is 32.2. The molecule has 170 valence electrons. The van der Waals surface area contributed by atoms with E-state index in [9.17, 15) is 13.2 Å². The van der Waals surface area contributed by atoms with Crippen LogP contribution in [0.1, 0.15) is 50.4 Å². The second-order valence-electron chi connectivity index (χ2n) is 8.06. The fraction of sp³-hybridized carbons (Fsp3) is 0.571. The lowest BCUT2D eigenvalue weighted by Crippen LogP contribution is -2.38. The second kappa shape index (κ2) is 9.70. The number of amides is 1. The van der Waals surface area contributed by atoms with E-state index in [4.69, 9.17) is 0 Å². The van der Waals surface area contributed by atoms with Gasteiger partial charge in [0.25, 0.3) is 0 Å². The summed E-state index contributed by atoms with van der Waals surface area (Å²) < 4.78 is 29.1. The molecule has 10 heteroatoms. The lowest BCUT2D eigenvalue weighted by molar-refractivity contribution is -0.115. The molecule has 0 radical (unpaired) electrons. The van der Waals surface area contributed by atoms with Crippen LogP contribution in [0.3, 0.4) is 0 Å². The third-order valence-electron chi connectivity index (χ3n) is 5.90. The predicted molar refractivity (Wildman–Crippen MR) is 123 cm³/mol. The Morgan fingerprint density at radius 2 is 1.94 bits per heavy atom. The van der Waals surface area contributed by atoms with Gasteiger partial charge < -0.3 is 5.32 Å². The molecule has 1 aliphatic rings. The number of anilines is 1. The van der Waals surface area contributed by atoms with E-state index in [-0.39, 0.29) is 16.8 Å². The average molecular weight is 466 g/mol. The van der Waals surface area contributed by atoms with Crippen LogP contribution < -0.4 is 5.32 Å². The Morgan fingerprint density at radius 1 is 1.26 bits per heavy atom. The van der Waals surface area contributed by atoms with E-state index in [2.05, 4.69) is 15.4 Å². The summed E-state index contributed by atoms with van der Waals surface area (Å²) in [6.07, 6.45) is 6.49. The second-order valence-corrected chi connectivity index (χ2v) is 11.4. The van der Waals surface area contributed by atoms with Crippen molar-refractivity contribution in [1.82, 2.24) is 19.1 Å². The molecule has 1 fully saturated rings. The molecule has 1 saturated carbocycles. The maximum Gasteiger partial charge on any atom is 0.244 e. The number of aromatic nitrogens is 3. The Labute approximate surface area is 188 Å². The van der Waals surface area contributed by atoms with Crippen LogP contribution >= 0.6 is 11.8 Å². The normalized spacial score (nSPS) is 16.5. The third-order valence-corrected chi connectivity index (χ3v) is 8.84. The van der Waals surface area contributed by atoms with Crippen molar-refractivity contribution in [2.75, 3.05) is 12.4 Å². The summed E-state index contributed by atoms with van der Waals surface area (Å²) in [5.74, 6) is -0.153. The number of hydrogen-bond acceptors (Lipinski definition) is 6. The van der Waals surface area contributed by atoms with Gasteiger partial charge in [0.05, 0.1) is 27.4 Å². The van der Waals surface area contributed by atoms with Crippen molar-refractivity contribution >= 4 is 33.4 Å². The lowest BCUT2D eigenvalue weighted by Gasteiger charge is -2.30. The van der Waals surface area contributed by atoms with E-state index >= 15 is 0 Å². The van der Waals surface area contributed by atoms with E-state index in [1.54, 1.807) is 30.8 Å². The summed E-state index contributed by atoms with van der Waals surface area (Å²) in [6, 6.07) is 3.29. The minimum Gasteiger partial charge on any atom is -0.322 e. The van der Waals surface area contributed by atoms with Crippen molar-refractivity contribution in [2.45, 2.75) is 74.1 Å². The van der Waals surface area contributed by atoms with Crippen molar-refractivity contribution in [3.63, 3.8) is 0 Å². The summed E-state index contributed by atoms with van der Waals surface area (Å²) in [5.41, 5.74) is 2.37. The molecule has 8 nitrogen and oxygen atoms in total. The molecular formula is C21H31N5O3S2. The molecule has 31 heavy (non-hydrogen) atoms. The molecule has 2 aromatic rings. The number of nitrogens with zero attached hydrogens (tertiary/aromatic N) is 4. The zero-order valence-corrected chi connectivity index (χ0v) is 20.4. The Bertz CT molecular complexity index is 1030. The zero-order chi connectivity index (χ0) is 22.8. The molecule has 0 aliphatic heterocycles. The summed E-state index contributed by atoms with van der Waals surface area (Å²) in [4.78, 5) is 17.1. The predicted octanol–water partition coefficient (Wildman–Crippen LogP) is 3.50. The number of thioether (sulfide) groups is 1. The quantitative estimate of drug-likeness (QED) is 0.629. The SMILES string of the molecule is Cc1nn(C)c(C)c1NC(=O)[C@@H](C)Sc1ccc(S(=O)(=O)N(C)C2CCCCC2)cn1. The largest absolute Gasteiger partial charge is 0.322 e. The highest BCUT2D eigenvalue weighted by Crippen LogP contribution is 2.28. The summed E-state index contributed by atoms with van der Waals surface area (Å²) in [6.45, 7) is 5.55. The van der Waals surface area contributed by atoms with Gasteiger partial charge in [0, 0.05) is 26.3 Å². The summed E-state index contributed by atoms with van der Waals surface area (Å²) in [7, 11) is -0.0848. The number of rotatable bonds is 7. The van der Waals surface area contributed by atoms with Crippen LogP contribution in [-0.4, -0.2) is 51.7 Å². The number of aryl methyl sites for hydroxylation is 2. The first-order valence-corrected chi connectivity index (χ1v) is 12.8. The zero-order valence-electron chi connectivity index (χ0n) is 18.8. The van der Waals surface area contributed by atoms with Gasteiger partial charge >= 0.3 is 0 Å². The summed E-state index contributed by atoms with van der Waals surface area (Å²) >= 11 is 1.29. The van der Waals surface area contributed by atoms with E-state index in [0.717, 1.165) is 42.8 Å². The molecule has 0 spiro atoms. The number of sulfonamides is 1. The number of pyridine rings is 1. The van der Waals surface area contributed by atoms with Crippen LogP contribution in [0.5, 0.6) is 0 Å². The number of carbonyl (C=O) groups excluding carboxylic acids is 1. The van der Waals surface area contributed by atoms with Gasteiger partial charge in [0.15, 0.2) is 0 Å². The van der Waals surface area contributed by atoms with Crippen molar-refractivity contribution in [1.29, 1.82) is 0 Å². The van der Waals surface area contributed by atoms with E-state index in [0.29, 0.717) is 5.03 Å². The summed E-state index contributed by atoms with van der Waals surface area (Å²) in [5, 5.41) is 7.44. The van der Waals surface area contributed by atoms with Crippen LogP contribution in [-0.2, 0) is 21.9 Å². The maximum atomic E-state index is 12.9. The molecule has 1 N–H and O–H groups in total. The third kappa shape index (κ3) is 5.30. The van der Waals surface area contributed by atoms with Crippen molar-refractivity contribution in [3.8, 4) is 0 Å². The van der Waals surface area contributed by atoms with Crippen molar-refractivity contribution < 1.29 is 13.2 Å². The standard InChI is InChI=1S/C21H31N5O3S2/c1-14-20(15(2)25(4)24-14)23-21(27)16(3)30-19-12-11-18(13-22-19)31(28,29)26(5)17-9-7-6-8-10-17/h11-13,16-17H,6-10H2,1-5H3,(H,23,27)/t16-/m1/s1. The highest BCUT2D eigenvalue weighted by molar-refractivity contribution is 8.00. The van der Waals surface area contributed by atoms with Gasteiger partial charge in [-0.2, -0.15) is 9.40 Å². The molecule has 1 aliphatic carbocycles. The number of hydrogen-bond donors (Lipinski definition) is 1. The van der Waals surface area contributed by atoms with Gasteiger partial charge in [-0.3, -0.25) is 9.48 Å². The molecule has 2 heterocycles. The molecule has 0 bridgehead atoms. The molecule has 0 aromatic carbocycles. The fourth-order valence-electron chi connectivity index (χ4n) is 3.81.